The number of H-pyrrole nitrogens is 1. The van der Waals surface area contributed by atoms with E-state index in [1.165, 1.54) is 12.3 Å². The van der Waals surface area contributed by atoms with Gasteiger partial charge < -0.3 is 20.7 Å². The van der Waals surface area contributed by atoms with Crippen LogP contribution in [-0.4, -0.2) is 53.4 Å². The number of halogens is 2. The largest absolute Gasteiger partial charge is 0.380 e. The van der Waals surface area contributed by atoms with E-state index in [1.807, 2.05) is 0 Å². The summed E-state index contributed by atoms with van der Waals surface area (Å²) < 4.78 is 33.2. The fourth-order valence-electron chi connectivity index (χ4n) is 4.32. The van der Waals surface area contributed by atoms with Crippen LogP contribution in [0.2, 0.25) is 0 Å². The van der Waals surface area contributed by atoms with Crippen molar-refractivity contribution in [3.63, 3.8) is 0 Å². The van der Waals surface area contributed by atoms with Crippen LogP contribution >= 0.6 is 0 Å². The molecular weight excluding hydrogens is 420 g/mol. The average molecular weight is 447 g/mol. The lowest BCUT2D eigenvalue weighted by Crippen LogP contribution is -2.47. The second-order valence-electron chi connectivity index (χ2n) is 8.31. The molecule has 4 rings (SSSR count). The number of amides is 2. The number of rotatable bonds is 6. The molecule has 32 heavy (non-hydrogen) atoms. The van der Waals surface area contributed by atoms with E-state index < -0.39 is 29.0 Å². The second kappa shape index (κ2) is 10.2. The highest BCUT2D eigenvalue weighted by atomic mass is 19.1. The van der Waals surface area contributed by atoms with Crippen LogP contribution in [0.5, 0.6) is 0 Å². The molecule has 2 heterocycles. The molecule has 1 unspecified atom stereocenters. The van der Waals surface area contributed by atoms with E-state index >= 15 is 0 Å². The Labute approximate surface area is 184 Å². The van der Waals surface area contributed by atoms with Gasteiger partial charge in [0.15, 0.2) is 0 Å². The SMILES string of the molecule is O=C(NC1CCC(NC2CCCOC2)CC1)c1[nH]ncc1NC(=O)c1c(F)cccc1F. The predicted molar refractivity (Wildman–Crippen MR) is 113 cm³/mol. The normalized spacial score (nSPS) is 23.5. The number of nitrogens with zero attached hydrogens (tertiary/aromatic N) is 1. The lowest BCUT2D eigenvalue weighted by atomic mass is 9.90. The van der Waals surface area contributed by atoms with Crippen molar-refractivity contribution in [1.29, 1.82) is 0 Å². The maximum Gasteiger partial charge on any atom is 0.271 e. The van der Waals surface area contributed by atoms with E-state index in [-0.39, 0.29) is 17.4 Å². The molecule has 1 atom stereocenters. The molecule has 2 fully saturated rings. The summed E-state index contributed by atoms with van der Waals surface area (Å²) in [7, 11) is 0. The Hall–Kier alpha value is -2.85. The van der Waals surface area contributed by atoms with E-state index in [2.05, 4.69) is 26.1 Å². The molecule has 2 aliphatic rings. The Morgan fingerprint density at radius 3 is 2.41 bits per heavy atom. The minimum atomic E-state index is -0.991. The zero-order chi connectivity index (χ0) is 22.5. The van der Waals surface area contributed by atoms with Crippen LogP contribution < -0.4 is 16.0 Å². The molecule has 8 nitrogen and oxygen atoms in total. The third-order valence-corrected chi connectivity index (χ3v) is 6.00. The summed E-state index contributed by atoms with van der Waals surface area (Å²) in [6, 6.07) is 3.97. The van der Waals surface area contributed by atoms with Crippen LogP contribution in [0.15, 0.2) is 24.4 Å². The Balaban J connectivity index is 1.30. The third kappa shape index (κ3) is 5.31. The van der Waals surface area contributed by atoms with E-state index in [1.54, 1.807) is 0 Å². The molecule has 0 radical (unpaired) electrons. The van der Waals surface area contributed by atoms with Gasteiger partial charge in [0.1, 0.15) is 22.9 Å². The molecule has 172 valence electrons. The molecule has 1 aliphatic carbocycles. The lowest BCUT2D eigenvalue weighted by Gasteiger charge is -2.33. The molecular formula is C22H27F2N5O3. The number of hydrogen-bond donors (Lipinski definition) is 4. The molecule has 1 aromatic carbocycles. The second-order valence-corrected chi connectivity index (χ2v) is 8.31. The van der Waals surface area contributed by atoms with Gasteiger partial charge in [0.25, 0.3) is 11.8 Å². The van der Waals surface area contributed by atoms with Gasteiger partial charge in [-0.1, -0.05) is 6.07 Å². The van der Waals surface area contributed by atoms with Crippen molar-refractivity contribution in [2.45, 2.75) is 56.7 Å². The minimum absolute atomic E-state index is 0.000908. The number of carbonyl (C=O) groups is 2. The first kappa shape index (κ1) is 22.3. The first-order chi connectivity index (χ1) is 15.5. The van der Waals surface area contributed by atoms with Gasteiger partial charge >= 0.3 is 0 Å². The van der Waals surface area contributed by atoms with Crippen molar-refractivity contribution >= 4 is 17.5 Å². The molecule has 1 aliphatic heterocycles. The molecule has 1 saturated heterocycles. The van der Waals surface area contributed by atoms with E-state index in [0.717, 1.165) is 63.9 Å². The summed E-state index contributed by atoms with van der Waals surface area (Å²) >= 11 is 0. The summed E-state index contributed by atoms with van der Waals surface area (Å²) in [5.74, 6) is -3.39. The third-order valence-electron chi connectivity index (χ3n) is 6.00. The molecule has 0 bridgehead atoms. The maximum absolute atomic E-state index is 13.9. The quantitative estimate of drug-likeness (QED) is 0.545. The van der Waals surface area contributed by atoms with Crippen molar-refractivity contribution in [3.8, 4) is 0 Å². The Morgan fingerprint density at radius 1 is 1.00 bits per heavy atom. The monoisotopic (exact) mass is 447 g/mol. The van der Waals surface area contributed by atoms with Gasteiger partial charge in [-0.25, -0.2) is 8.78 Å². The number of anilines is 1. The topological polar surface area (TPSA) is 108 Å². The maximum atomic E-state index is 13.9. The number of hydrogen-bond acceptors (Lipinski definition) is 5. The van der Waals surface area contributed by atoms with Crippen LogP contribution in [0.25, 0.3) is 0 Å². The minimum Gasteiger partial charge on any atom is -0.380 e. The number of nitrogens with one attached hydrogen (secondary N) is 4. The summed E-state index contributed by atoms with van der Waals surface area (Å²) in [6.07, 6.45) is 6.98. The molecule has 2 amide bonds. The number of aromatic amines is 1. The van der Waals surface area contributed by atoms with E-state index in [0.29, 0.717) is 12.1 Å². The number of ether oxygens (including phenoxy) is 1. The molecule has 0 spiro atoms. The van der Waals surface area contributed by atoms with Gasteiger partial charge in [-0.3, -0.25) is 14.7 Å². The Morgan fingerprint density at radius 2 is 1.72 bits per heavy atom. The highest BCUT2D eigenvalue weighted by Crippen LogP contribution is 2.22. The summed E-state index contributed by atoms with van der Waals surface area (Å²) in [4.78, 5) is 25.1. The average Bonchev–Trinajstić information content (AvgIpc) is 3.24. The fourth-order valence-corrected chi connectivity index (χ4v) is 4.32. The van der Waals surface area contributed by atoms with Crippen LogP contribution in [0.4, 0.5) is 14.5 Å². The van der Waals surface area contributed by atoms with Crippen molar-refractivity contribution < 1.29 is 23.1 Å². The van der Waals surface area contributed by atoms with Gasteiger partial charge in [0.05, 0.1) is 18.5 Å². The Kier molecular flexibility index (Phi) is 7.11. The van der Waals surface area contributed by atoms with Crippen molar-refractivity contribution in [2.24, 2.45) is 0 Å². The number of aromatic nitrogens is 2. The highest BCUT2D eigenvalue weighted by molar-refractivity contribution is 6.08. The fraction of sp³-hybridized carbons (Fsp3) is 0.500. The predicted octanol–water partition coefficient (Wildman–Crippen LogP) is 2.75. The number of benzene rings is 1. The van der Waals surface area contributed by atoms with Gasteiger partial charge in [-0.05, 0) is 50.7 Å². The summed E-state index contributed by atoms with van der Waals surface area (Å²) in [5, 5.41) is 15.3. The van der Waals surface area contributed by atoms with Gasteiger partial charge in [-0.2, -0.15) is 5.10 Å². The molecule has 10 heteroatoms. The van der Waals surface area contributed by atoms with Crippen molar-refractivity contribution in [1.82, 2.24) is 20.8 Å². The lowest BCUT2D eigenvalue weighted by molar-refractivity contribution is 0.0634. The van der Waals surface area contributed by atoms with Crippen LogP contribution in [0.3, 0.4) is 0 Å². The molecule has 1 saturated carbocycles. The van der Waals surface area contributed by atoms with E-state index in [9.17, 15) is 18.4 Å². The van der Waals surface area contributed by atoms with Crippen molar-refractivity contribution in [2.75, 3.05) is 18.5 Å². The molecule has 4 N–H and O–H groups in total. The summed E-state index contributed by atoms with van der Waals surface area (Å²) in [6.45, 7) is 1.59. The standard InChI is InChI=1S/C22H27F2N5O3/c23-16-4-1-5-17(24)19(16)21(30)28-18-11-25-29-20(18)22(31)27-14-8-6-13(7-9-14)26-15-3-2-10-32-12-15/h1,4-5,11,13-15,26H,2-3,6-10,12H2,(H,25,29)(H,27,31)(H,28,30). The zero-order valence-electron chi connectivity index (χ0n) is 17.6. The van der Waals surface area contributed by atoms with E-state index in [4.69, 9.17) is 4.74 Å². The first-order valence-electron chi connectivity index (χ1n) is 10.9. The first-order valence-corrected chi connectivity index (χ1v) is 10.9. The zero-order valence-corrected chi connectivity index (χ0v) is 17.6. The van der Waals surface area contributed by atoms with Crippen LogP contribution in [-0.2, 0) is 4.74 Å². The van der Waals surface area contributed by atoms with Crippen molar-refractivity contribution in [3.05, 3.63) is 47.3 Å². The van der Waals surface area contributed by atoms with Gasteiger partial charge in [0, 0.05) is 24.7 Å². The molecule has 1 aromatic heterocycles. The number of carbonyl (C=O) groups excluding carboxylic acids is 2. The van der Waals surface area contributed by atoms with Crippen LogP contribution in [0.1, 0.15) is 59.4 Å². The smallest absolute Gasteiger partial charge is 0.271 e. The van der Waals surface area contributed by atoms with Gasteiger partial charge in [0.2, 0.25) is 0 Å². The highest BCUT2D eigenvalue weighted by Gasteiger charge is 2.27. The van der Waals surface area contributed by atoms with Crippen LogP contribution in [0, 0.1) is 11.6 Å². The van der Waals surface area contributed by atoms with Gasteiger partial charge in [-0.15, -0.1) is 0 Å². The summed E-state index contributed by atoms with van der Waals surface area (Å²) in [5.41, 5.74) is -0.619. The Bertz CT molecular complexity index is 933. The molecule has 2 aromatic rings.